The first-order valence-corrected chi connectivity index (χ1v) is 6.41. The second-order valence-corrected chi connectivity index (χ2v) is 4.51. The van der Waals surface area contributed by atoms with E-state index in [1.807, 2.05) is 0 Å². The van der Waals surface area contributed by atoms with Crippen molar-refractivity contribution >= 4 is 35.8 Å². The van der Waals surface area contributed by atoms with Gasteiger partial charge in [0.25, 0.3) is 0 Å². The lowest BCUT2D eigenvalue weighted by Crippen LogP contribution is -2.40. The molecule has 25 heavy (non-hydrogen) atoms. The highest BCUT2D eigenvalue weighted by Gasteiger charge is 2.35. The van der Waals surface area contributed by atoms with Gasteiger partial charge in [-0.2, -0.15) is 0 Å². The number of aliphatic carboxylic acids is 5. The molecule has 0 bridgehead atoms. The van der Waals surface area contributed by atoms with Crippen molar-refractivity contribution < 1.29 is 63.8 Å². The number of ether oxygens (including phenoxy) is 2. The van der Waals surface area contributed by atoms with Gasteiger partial charge in [0.1, 0.15) is 0 Å². The summed E-state index contributed by atoms with van der Waals surface area (Å²) in [5, 5.41) is 43.4. The zero-order chi connectivity index (χ0) is 19.7. The molecular formula is C12H14O13. The van der Waals surface area contributed by atoms with E-state index in [1.54, 1.807) is 0 Å². The highest BCUT2D eigenvalue weighted by molar-refractivity contribution is 5.86. The Labute approximate surface area is 138 Å². The zero-order valence-corrected chi connectivity index (χ0v) is 12.4. The Morgan fingerprint density at radius 3 is 1.32 bits per heavy atom. The molecule has 5 N–H and O–H groups in total. The topological polar surface area (TPSA) is 222 Å². The van der Waals surface area contributed by atoms with Crippen LogP contribution in [0.1, 0.15) is 19.3 Å². The Morgan fingerprint density at radius 1 is 0.600 bits per heavy atom. The Bertz CT molecular complexity index is 565. The Kier molecular flexibility index (Phi) is 8.55. The van der Waals surface area contributed by atoms with Crippen LogP contribution in [0.4, 0.5) is 0 Å². The van der Waals surface area contributed by atoms with Gasteiger partial charge in [0, 0.05) is 0 Å². The molecular weight excluding hydrogens is 352 g/mol. The number of rotatable bonds is 12. The predicted molar refractivity (Wildman–Crippen MR) is 70.6 cm³/mol. The minimum absolute atomic E-state index is 1.11. The molecule has 0 aliphatic rings. The number of carboxylic acids is 5. The number of carbonyl (C=O) groups excluding carboxylic acids is 1. The fraction of sp³-hybridized carbons (Fsp3) is 0.500. The molecule has 0 spiro atoms. The average molecular weight is 366 g/mol. The summed E-state index contributed by atoms with van der Waals surface area (Å²) in [5.41, 5.74) is 0. The number of hydrogen-bond acceptors (Lipinski definition) is 8. The summed E-state index contributed by atoms with van der Waals surface area (Å²) in [7, 11) is 0. The molecule has 0 aliphatic carbocycles. The molecule has 0 saturated heterocycles. The first kappa shape index (κ1) is 21.8. The van der Waals surface area contributed by atoms with E-state index >= 15 is 0 Å². The SMILES string of the molecule is O=C(O)CC(OC(=O)C(CC(=O)O)OC(CC(=O)O)C(=O)O)C(=O)O. The van der Waals surface area contributed by atoms with Crippen LogP contribution in [0.5, 0.6) is 0 Å². The third kappa shape index (κ3) is 8.85. The molecule has 0 aromatic rings. The fourth-order valence-corrected chi connectivity index (χ4v) is 1.45. The van der Waals surface area contributed by atoms with Crippen molar-refractivity contribution in [3.8, 4) is 0 Å². The van der Waals surface area contributed by atoms with Crippen LogP contribution in [0, 0.1) is 0 Å². The van der Waals surface area contributed by atoms with E-state index in [0.717, 1.165) is 0 Å². The van der Waals surface area contributed by atoms with Crippen molar-refractivity contribution in [3.63, 3.8) is 0 Å². The smallest absolute Gasteiger partial charge is 0.345 e. The van der Waals surface area contributed by atoms with Crippen LogP contribution in [-0.2, 0) is 38.2 Å². The molecule has 0 aliphatic heterocycles. The summed E-state index contributed by atoms with van der Waals surface area (Å²) in [6.07, 6.45) is -9.87. The molecule has 0 aromatic carbocycles. The predicted octanol–water partition coefficient (Wildman–Crippen LogP) is -1.75. The largest absolute Gasteiger partial charge is 0.481 e. The van der Waals surface area contributed by atoms with Gasteiger partial charge in [-0.15, -0.1) is 0 Å². The monoisotopic (exact) mass is 366 g/mol. The second-order valence-electron chi connectivity index (χ2n) is 4.51. The van der Waals surface area contributed by atoms with Gasteiger partial charge in [-0.3, -0.25) is 14.4 Å². The maximum absolute atomic E-state index is 11.8. The standard InChI is InChI=1S/C12H14O13/c13-7(14)1-4(10(19)20)24-6(3-9(17)18)12(23)25-5(11(21)22)2-8(15)16/h4-6H,1-3H2,(H,13,14)(H,15,16)(H,17,18)(H,19,20)(H,21,22). The fourth-order valence-electron chi connectivity index (χ4n) is 1.45. The van der Waals surface area contributed by atoms with Crippen molar-refractivity contribution in [1.82, 2.24) is 0 Å². The second kappa shape index (κ2) is 9.82. The quantitative estimate of drug-likeness (QED) is 0.242. The lowest BCUT2D eigenvalue weighted by Gasteiger charge is -2.21. The summed E-state index contributed by atoms with van der Waals surface area (Å²) >= 11 is 0. The number of hydrogen-bond donors (Lipinski definition) is 5. The van der Waals surface area contributed by atoms with Crippen LogP contribution < -0.4 is 0 Å². The van der Waals surface area contributed by atoms with E-state index in [1.165, 1.54) is 0 Å². The lowest BCUT2D eigenvalue weighted by atomic mass is 10.2. The first-order valence-electron chi connectivity index (χ1n) is 6.41. The molecule has 0 amide bonds. The van der Waals surface area contributed by atoms with E-state index in [0.29, 0.717) is 0 Å². The number of esters is 1. The first-order chi connectivity index (χ1) is 11.4. The molecule has 13 nitrogen and oxygen atoms in total. The van der Waals surface area contributed by atoms with Crippen molar-refractivity contribution in [2.75, 3.05) is 0 Å². The minimum Gasteiger partial charge on any atom is -0.481 e. The van der Waals surface area contributed by atoms with Crippen LogP contribution in [0.3, 0.4) is 0 Å². The van der Waals surface area contributed by atoms with Gasteiger partial charge in [-0.1, -0.05) is 0 Å². The summed E-state index contributed by atoms with van der Waals surface area (Å²) in [6.45, 7) is 0. The molecule has 0 aromatic heterocycles. The lowest BCUT2D eigenvalue weighted by molar-refractivity contribution is -0.184. The highest BCUT2D eigenvalue weighted by atomic mass is 16.6. The molecule has 0 rings (SSSR count). The third-order valence-electron chi connectivity index (χ3n) is 2.48. The van der Waals surface area contributed by atoms with Crippen LogP contribution in [0.2, 0.25) is 0 Å². The molecule has 140 valence electrons. The molecule has 0 fully saturated rings. The summed E-state index contributed by atoms with van der Waals surface area (Å²) in [5.74, 6) is -10.2. The Hall–Kier alpha value is -3.22. The zero-order valence-electron chi connectivity index (χ0n) is 12.4. The van der Waals surface area contributed by atoms with E-state index in [9.17, 15) is 28.8 Å². The molecule has 3 unspecified atom stereocenters. The molecule has 0 radical (unpaired) electrons. The average Bonchev–Trinajstić information content (AvgIpc) is 2.43. The minimum atomic E-state index is -2.17. The van der Waals surface area contributed by atoms with Crippen LogP contribution in [0.15, 0.2) is 0 Å². The van der Waals surface area contributed by atoms with Gasteiger partial charge >= 0.3 is 35.8 Å². The van der Waals surface area contributed by atoms with Gasteiger partial charge < -0.3 is 35.0 Å². The van der Waals surface area contributed by atoms with Crippen molar-refractivity contribution in [2.45, 2.75) is 37.6 Å². The van der Waals surface area contributed by atoms with E-state index in [2.05, 4.69) is 9.47 Å². The Morgan fingerprint density at radius 2 is 0.960 bits per heavy atom. The van der Waals surface area contributed by atoms with Gasteiger partial charge in [-0.05, 0) is 0 Å². The van der Waals surface area contributed by atoms with E-state index in [-0.39, 0.29) is 0 Å². The summed E-state index contributed by atoms with van der Waals surface area (Å²) in [6, 6.07) is 0. The molecule has 0 saturated carbocycles. The Balaban J connectivity index is 5.27. The maximum Gasteiger partial charge on any atom is 0.345 e. The molecule has 0 heterocycles. The number of carbonyl (C=O) groups is 6. The summed E-state index contributed by atoms with van der Waals surface area (Å²) in [4.78, 5) is 65.3. The van der Waals surface area contributed by atoms with Crippen LogP contribution in [0.25, 0.3) is 0 Å². The van der Waals surface area contributed by atoms with E-state index < -0.39 is 73.4 Å². The molecule has 13 heteroatoms. The van der Waals surface area contributed by atoms with Gasteiger partial charge in [0.15, 0.2) is 12.2 Å². The molecule has 3 atom stereocenters. The normalized spacial score (nSPS) is 13.9. The third-order valence-corrected chi connectivity index (χ3v) is 2.48. The maximum atomic E-state index is 11.8. The van der Waals surface area contributed by atoms with Crippen LogP contribution in [-0.4, -0.2) is 79.7 Å². The van der Waals surface area contributed by atoms with E-state index in [4.69, 9.17) is 25.5 Å². The summed E-state index contributed by atoms with van der Waals surface area (Å²) < 4.78 is 8.93. The van der Waals surface area contributed by atoms with Crippen LogP contribution >= 0.6 is 0 Å². The van der Waals surface area contributed by atoms with Crippen molar-refractivity contribution in [2.24, 2.45) is 0 Å². The van der Waals surface area contributed by atoms with Crippen molar-refractivity contribution in [3.05, 3.63) is 0 Å². The number of carboxylic acid groups (broad SMARTS) is 5. The van der Waals surface area contributed by atoms with Gasteiger partial charge in [0.05, 0.1) is 19.3 Å². The van der Waals surface area contributed by atoms with Crippen molar-refractivity contribution in [1.29, 1.82) is 0 Å². The van der Waals surface area contributed by atoms with Gasteiger partial charge in [0.2, 0.25) is 6.10 Å². The highest BCUT2D eigenvalue weighted by Crippen LogP contribution is 2.12. The van der Waals surface area contributed by atoms with Gasteiger partial charge in [-0.25, -0.2) is 14.4 Å².